The van der Waals surface area contributed by atoms with Crippen molar-refractivity contribution in [3.05, 3.63) is 39.7 Å². The molecular weight excluding hydrogens is 339 g/mol. The first kappa shape index (κ1) is 13.8. The van der Waals surface area contributed by atoms with Gasteiger partial charge < -0.3 is 11.1 Å². The maximum absolute atomic E-state index is 13.0. The lowest BCUT2D eigenvalue weighted by molar-refractivity contribution is -0.116. The molecule has 100 valence electrons. The highest BCUT2D eigenvalue weighted by atomic mass is 79.9. The summed E-state index contributed by atoms with van der Waals surface area (Å²) in [5.74, 6) is -0.513. The van der Waals surface area contributed by atoms with Crippen LogP contribution in [0.4, 0.5) is 15.9 Å². The van der Waals surface area contributed by atoms with Crippen LogP contribution in [-0.2, 0) is 11.3 Å². The van der Waals surface area contributed by atoms with Gasteiger partial charge in [0.15, 0.2) is 0 Å². The van der Waals surface area contributed by atoms with E-state index in [1.54, 1.807) is 12.3 Å². The molecule has 5 nitrogen and oxygen atoms in total. The SMILES string of the molecule is Nc1ccn(CC(=O)Nc2c(Cl)cc(F)cc2Br)n1. The zero-order valence-corrected chi connectivity index (χ0v) is 11.9. The molecule has 0 radical (unpaired) electrons. The van der Waals surface area contributed by atoms with Gasteiger partial charge in [-0.2, -0.15) is 5.10 Å². The van der Waals surface area contributed by atoms with E-state index in [4.69, 9.17) is 17.3 Å². The second-order valence-corrected chi connectivity index (χ2v) is 4.99. The third kappa shape index (κ3) is 3.45. The lowest BCUT2D eigenvalue weighted by Crippen LogP contribution is -2.19. The zero-order chi connectivity index (χ0) is 14.0. The predicted octanol–water partition coefficient (Wildman–Crippen LogP) is 2.66. The van der Waals surface area contributed by atoms with Crippen LogP contribution in [0, 0.1) is 5.82 Å². The number of amides is 1. The quantitative estimate of drug-likeness (QED) is 0.896. The number of nitrogens with zero attached hydrogens (tertiary/aromatic N) is 2. The number of carbonyl (C=O) groups excluding carboxylic acids is 1. The molecule has 0 bridgehead atoms. The van der Waals surface area contributed by atoms with E-state index in [1.165, 1.54) is 10.7 Å². The Kier molecular flexibility index (Phi) is 4.06. The topological polar surface area (TPSA) is 72.9 Å². The fourth-order valence-electron chi connectivity index (χ4n) is 1.45. The minimum absolute atomic E-state index is 0.0165. The van der Waals surface area contributed by atoms with E-state index in [0.717, 1.165) is 6.07 Å². The summed E-state index contributed by atoms with van der Waals surface area (Å²) >= 11 is 8.99. The summed E-state index contributed by atoms with van der Waals surface area (Å²) in [5.41, 5.74) is 5.75. The van der Waals surface area contributed by atoms with Gasteiger partial charge in [0.25, 0.3) is 0 Å². The van der Waals surface area contributed by atoms with E-state index in [1.807, 2.05) is 0 Å². The van der Waals surface area contributed by atoms with Crippen LogP contribution in [0.25, 0.3) is 0 Å². The summed E-state index contributed by atoms with van der Waals surface area (Å²) in [6.07, 6.45) is 1.58. The van der Waals surface area contributed by atoms with Crippen molar-refractivity contribution in [3.8, 4) is 0 Å². The van der Waals surface area contributed by atoms with E-state index < -0.39 is 5.82 Å². The summed E-state index contributed by atoms with van der Waals surface area (Å²) in [6, 6.07) is 3.91. The number of nitrogen functional groups attached to an aromatic ring is 1. The minimum atomic E-state index is -0.491. The Morgan fingerprint density at radius 1 is 1.58 bits per heavy atom. The molecule has 0 aliphatic rings. The molecule has 0 saturated heterocycles. The van der Waals surface area contributed by atoms with Crippen molar-refractivity contribution in [1.82, 2.24) is 9.78 Å². The Morgan fingerprint density at radius 2 is 2.32 bits per heavy atom. The van der Waals surface area contributed by atoms with E-state index in [2.05, 4.69) is 26.3 Å². The van der Waals surface area contributed by atoms with Crippen molar-refractivity contribution >= 4 is 44.9 Å². The average molecular weight is 348 g/mol. The van der Waals surface area contributed by atoms with E-state index in [0.29, 0.717) is 16.0 Å². The van der Waals surface area contributed by atoms with Crippen LogP contribution >= 0.6 is 27.5 Å². The van der Waals surface area contributed by atoms with Crippen LogP contribution < -0.4 is 11.1 Å². The third-order valence-corrected chi connectivity index (χ3v) is 3.16. The molecule has 1 heterocycles. The van der Waals surface area contributed by atoms with Crippen LogP contribution in [0.5, 0.6) is 0 Å². The van der Waals surface area contributed by atoms with Crippen LogP contribution in [-0.4, -0.2) is 15.7 Å². The molecule has 3 N–H and O–H groups in total. The lowest BCUT2D eigenvalue weighted by atomic mass is 10.3. The Balaban J connectivity index is 2.11. The molecule has 0 unspecified atom stereocenters. The van der Waals surface area contributed by atoms with Crippen molar-refractivity contribution in [2.45, 2.75) is 6.54 Å². The molecule has 0 spiro atoms. The van der Waals surface area contributed by atoms with Gasteiger partial charge in [-0.3, -0.25) is 9.48 Å². The van der Waals surface area contributed by atoms with Gasteiger partial charge in [-0.15, -0.1) is 0 Å². The van der Waals surface area contributed by atoms with Crippen molar-refractivity contribution in [3.63, 3.8) is 0 Å². The summed E-state index contributed by atoms with van der Waals surface area (Å²) in [5, 5.41) is 6.57. The standard InChI is InChI=1S/C11H9BrClFN4O/c12-7-3-6(14)4-8(13)11(7)16-10(19)5-18-2-1-9(15)17-18/h1-4H,5H2,(H2,15,17)(H,16,19). The van der Waals surface area contributed by atoms with Crippen LogP contribution in [0.1, 0.15) is 0 Å². The van der Waals surface area contributed by atoms with E-state index >= 15 is 0 Å². The minimum Gasteiger partial charge on any atom is -0.382 e. The number of hydrogen-bond donors (Lipinski definition) is 2. The van der Waals surface area contributed by atoms with Crippen molar-refractivity contribution in [1.29, 1.82) is 0 Å². The van der Waals surface area contributed by atoms with Gasteiger partial charge in [-0.05, 0) is 34.1 Å². The van der Waals surface area contributed by atoms with Crippen molar-refractivity contribution < 1.29 is 9.18 Å². The number of nitrogens with one attached hydrogen (secondary N) is 1. The third-order valence-electron chi connectivity index (χ3n) is 2.24. The smallest absolute Gasteiger partial charge is 0.246 e. The van der Waals surface area contributed by atoms with Crippen LogP contribution in [0.15, 0.2) is 28.9 Å². The van der Waals surface area contributed by atoms with Gasteiger partial charge >= 0.3 is 0 Å². The first-order valence-electron chi connectivity index (χ1n) is 5.19. The highest BCUT2D eigenvalue weighted by molar-refractivity contribution is 9.10. The van der Waals surface area contributed by atoms with Gasteiger partial charge in [-0.25, -0.2) is 4.39 Å². The van der Waals surface area contributed by atoms with E-state index in [9.17, 15) is 9.18 Å². The van der Waals surface area contributed by atoms with Crippen molar-refractivity contribution in [2.24, 2.45) is 0 Å². The molecule has 1 aromatic carbocycles. The Morgan fingerprint density at radius 3 is 2.89 bits per heavy atom. The molecule has 1 amide bonds. The summed E-state index contributed by atoms with van der Waals surface area (Å²) in [6.45, 7) is -0.0165. The summed E-state index contributed by atoms with van der Waals surface area (Å²) in [4.78, 5) is 11.8. The fraction of sp³-hybridized carbons (Fsp3) is 0.0909. The van der Waals surface area contributed by atoms with E-state index in [-0.39, 0.29) is 17.5 Å². The first-order chi connectivity index (χ1) is 8.95. The number of aromatic nitrogens is 2. The summed E-state index contributed by atoms with van der Waals surface area (Å²) < 4.78 is 14.8. The Labute approximate surface area is 121 Å². The number of anilines is 2. The lowest BCUT2D eigenvalue weighted by Gasteiger charge is -2.09. The Hall–Kier alpha value is -1.60. The normalized spacial score (nSPS) is 10.5. The second-order valence-electron chi connectivity index (χ2n) is 3.73. The Bertz CT molecular complexity index is 608. The number of rotatable bonds is 3. The zero-order valence-electron chi connectivity index (χ0n) is 9.53. The second kappa shape index (κ2) is 5.58. The molecule has 0 aliphatic heterocycles. The van der Waals surface area contributed by atoms with Gasteiger partial charge in [0, 0.05) is 10.7 Å². The number of halogens is 3. The molecule has 2 rings (SSSR count). The number of hydrogen-bond acceptors (Lipinski definition) is 3. The average Bonchev–Trinajstić information content (AvgIpc) is 2.69. The van der Waals surface area contributed by atoms with Crippen molar-refractivity contribution in [2.75, 3.05) is 11.1 Å². The number of nitrogens with two attached hydrogens (primary N) is 1. The first-order valence-corrected chi connectivity index (χ1v) is 6.36. The van der Waals surface area contributed by atoms with Gasteiger partial charge in [0.1, 0.15) is 18.2 Å². The van der Waals surface area contributed by atoms with Gasteiger partial charge in [-0.1, -0.05) is 11.6 Å². The highest BCUT2D eigenvalue weighted by Crippen LogP contribution is 2.31. The number of benzene rings is 1. The fourth-order valence-corrected chi connectivity index (χ4v) is 2.35. The molecule has 0 saturated carbocycles. The number of carbonyl (C=O) groups is 1. The maximum atomic E-state index is 13.0. The highest BCUT2D eigenvalue weighted by Gasteiger charge is 2.12. The molecular formula is C11H9BrClFN4O. The molecule has 1 aromatic heterocycles. The molecule has 2 aromatic rings. The summed E-state index contributed by atoms with van der Waals surface area (Å²) in [7, 11) is 0. The van der Waals surface area contributed by atoms with Crippen LogP contribution in [0.3, 0.4) is 0 Å². The van der Waals surface area contributed by atoms with Gasteiger partial charge in [0.05, 0.1) is 10.7 Å². The van der Waals surface area contributed by atoms with Crippen LogP contribution in [0.2, 0.25) is 5.02 Å². The molecule has 0 aliphatic carbocycles. The predicted molar refractivity (Wildman–Crippen MR) is 74.4 cm³/mol. The largest absolute Gasteiger partial charge is 0.382 e. The molecule has 19 heavy (non-hydrogen) atoms. The monoisotopic (exact) mass is 346 g/mol. The van der Waals surface area contributed by atoms with Gasteiger partial charge in [0.2, 0.25) is 5.91 Å². The maximum Gasteiger partial charge on any atom is 0.246 e. The molecule has 8 heteroatoms. The molecule has 0 fully saturated rings. The molecule has 0 atom stereocenters.